The van der Waals surface area contributed by atoms with E-state index < -0.39 is 0 Å². The van der Waals surface area contributed by atoms with Crippen LogP contribution in [0.1, 0.15) is 91.4 Å². The third kappa shape index (κ3) is 2.28. The minimum atomic E-state index is 0.323. The van der Waals surface area contributed by atoms with Crippen LogP contribution in [0.3, 0.4) is 0 Å². The van der Waals surface area contributed by atoms with E-state index in [0.717, 1.165) is 23.7 Å². The van der Waals surface area contributed by atoms with Gasteiger partial charge >= 0.3 is 0 Å². The largest absolute Gasteiger partial charge is 0.300 e. The first-order chi connectivity index (χ1) is 11.0. The van der Waals surface area contributed by atoms with Crippen LogP contribution in [0.2, 0.25) is 0 Å². The molecule has 0 saturated heterocycles. The van der Waals surface area contributed by atoms with Crippen molar-refractivity contribution in [3.05, 3.63) is 0 Å². The number of fused-ring (bicyclic) bond motifs is 5. The first kappa shape index (κ1) is 16.2. The molecule has 23 heavy (non-hydrogen) atoms. The maximum Gasteiger partial charge on any atom is 0.133 e. The molecule has 0 aromatic carbocycles. The minimum Gasteiger partial charge on any atom is -0.300 e. The second kappa shape index (κ2) is 5.60. The van der Waals surface area contributed by atoms with Crippen molar-refractivity contribution in [1.29, 1.82) is 0 Å². The monoisotopic (exact) mass is 316 g/mol. The Bertz CT molecular complexity index is 482. The van der Waals surface area contributed by atoms with Crippen LogP contribution in [0.4, 0.5) is 0 Å². The average molecular weight is 317 g/mol. The summed E-state index contributed by atoms with van der Waals surface area (Å²) in [6.45, 7) is 7.01. The lowest BCUT2D eigenvalue weighted by Gasteiger charge is -2.63. The zero-order valence-corrected chi connectivity index (χ0v) is 15.6. The van der Waals surface area contributed by atoms with E-state index in [1.807, 2.05) is 6.92 Å². The summed E-state index contributed by atoms with van der Waals surface area (Å²) in [5.74, 6) is 4.57. The Kier molecular flexibility index (Phi) is 3.93. The van der Waals surface area contributed by atoms with Crippen molar-refractivity contribution < 1.29 is 4.79 Å². The van der Waals surface area contributed by atoms with Crippen LogP contribution in [0.5, 0.6) is 0 Å². The van der Waals surface area contributed by atoms with Crippen molar-refractivity contribution in [2.24, 2.45) is 40.4 Å². The fraction of sp³-hybridized carbons (Fsp3) is 0.955. The van der Waals surface area contributed by atoms with Gasteiger partial charge in [-0.3, -0.25) is 4.79 Å². The molecule has 1 heteroatoms. The standard InChI is InChI=1S/C22H36O/c1-15(23)18-8-6-9-19-17-11-10-16-7-4-5-13-21(16,2)20(17)12-14-22(18,19)3/h16-20H,4-14H2,1-3H3/t16-,17-,18-,19+,20+,21-,22-/m0/s1. The topological polar surface area (TPSA) is 17.1 Å². The molecule has 0 heterocycles. The molecule has 7 atom stereocenters. The van der Waals surface area contributed by atoms with E-state index in [1.54, 1.807) is 0 Å². The minimum absolute atomic E-state index is 0.323. The zero-order chi connectivity index (χ0) is 16.2. The normalized spacial score (nSPS) is 52.9. The molecule has 1 nitrogen and oxygen atoms in total. The van der Waals surface area contributed by atoms with Crippen LogP contribution in [-0.2, 0) is 4.79 Å². The van der Waals surface area contributed by atoms with Crippen molar-refractivity contribution in [3.8, 4) is 0 Å². The lowest BCUT2D eigenvalue weighted by Crippen LogP contribution is -2.56. The SMILES string of the molecule is CC(=O)[C@@H]1CCC[C@@H]2[C@@H]3CC[C@@H]4CCCC[C@]4(C)[C@@H]3CC[C@]21C. The smallest absolute Gasteiger partial charge is 0.133 e. The molecule has 130 valence electrons. The van der Waals surface area contributed by atoms with Gasteiger partial charge in [0.1, 0.15) is 5.78 Å². The Morgan fingerprint density at radius 1 is 0.783 bits per heavy atom. The third-order valence-electron chi connectivity index (χ3n) is 9.32. The Balaban J connectivity index is 1.64. The van der Waals surface area contributed by atoms with E-state index in [2.05, 4.69) is 13.8 Å². The number of rotatable bonds is 1. The molecular formula is C22H36O. The van der Waals surface area contributed by atoms with Crippen LogP contribution >= 0.6 is 0 Å². The quantitative estimate of drug-likeness (QED) is 0.578. The van der Waals surface area contributed by atoms with E-state index in [-0.39, 0.29) is 0 Å². The fourth-order valence-electron chi connectivity index (χ4n) is 8.16. The van der Waals surface area contributed by atoms with Gasteiger partial charge in [0.2, 0.25) is 0 Å². The van der Waals surface area contributed by atoms with Gasteiger partial charge in [0.25, 0.3) is 0 Å². The predicted octanol–water partition coefficient (Wildman–Crippen LogP) is 6.01. The number of hydrogen-bond acceptors (Lipinski definition) is 1. The summed E-state index contributed by atoms with van der Waals surface area (Å²) in [5.41, 5.74) is 0.953. The Hall–Kier alpha value is -0.330. The van der Waals surface area contributed by atoms with E-state index in [4.69, 9.17) is 0 Å². The molecule has 0 N–H and O–H groups in total. The molecule has 4 rings (SSSR count). The first-order valence-corrected chi connectivity index (χ1v) is 10.5. The lowest BCUT2D eigenvalue weighted by molar-refractivity contribution is -0.153. The summed E-state index contributed by atoms with van der Waals surface area (Å²) >= 11 is 0. The van der Waals surface area contributed by atoms with Crippen LogP contribution in [0.15, 0.2) is 0 Å². The van der Waals surface area contributed by atoms with Gasteiger partial charge < -0.3 is 0 Å². The van der Waals surface area contributed by atoms with Crippen molar-refractivity contribution in [2.75, 3.05) is 0 Å². The van der Waals surface area contributed by atoms with Gasteiger partial charge in [0, 0.05) is 5.92 Å². The summed E-state index contributed by atoms with van der Waals surface area (Å²) in [4.78, 5) is 12.3. The summed E-state index contributed by atoms with van der Waals surface area (Å²) < 4.78 is 0. The summed E-state index contributed by atoms with van der Waals surface area (Å²) in [5, 5.41) is 0. The maximum atomic E-state index is 12.3. The molecule has 0 spiro atoms. The molecule has 0 aromatic rings. The van der Waals surface area contributed by atoms with Gasteiger partial charge in [0.15, 0.2) is 0 Å². The third-order valence-corrected chi connectivity index (χ3v) is 9.32. The molecule has 4 aliphatic carbocycles. The highest BCUT2D eigenvalue weighted by Gasteiger charge is 2.58. The fourth-order valence-corrected chi connectivity index (χ4v) is 8.16. The number of hydrogen-bond donors (Lipinski definition) is 0. The van der Waals surface area contributed by atoms with Crippen LogP contribution in [0, 0.1) is 40.4 Å². The number of carbonyl (C=O) groups excluding carboxylic acids is 1. The predicted molar refractivity (Wildman–Crippen MR) is 95.1 cm³/mol. The van der Waals surface area contributed by atoms with Gasteiger partial charge in [-0.05, 0) is 92.8 Å². The molecule has 4 saturated carbocycles. The first-order valence-electron chi connectivity index (χ1n) is 10.5. The van der Waals surface area contributed by atoms with Crippen molar-refractivity contribution >= 4 is 5.78 Å². The van der Waals surface area contributed by atoms with E-state index in [9.17, 15) is 4.79 Å². The molecule has 0 radical (unpaired) electrons. The van der Waals surface area contributed by atoms with Gasteiger partial charge in [-0.2, -0.15) is 0 Å². The molecule has 0 aromatic heterocycles. The van der Waals surface area contributed by atoms with Crippen molar-refractivity contribution in [2.45, 2.75) is 91.4 Å². The lowest BCUT2D eigenvalue weighted by atomic mass is 9.41. The van der Waals surface area contributed by atoms with Gasteiger partial charge in [-0.1, -0.05) is 33.1 Å². The zero-order valence-electron chi connectivity index (χ0n) is 15.6. The summed E-state index contributed by atoms with van der Waals surface area (Å²) in [7, 11) is 0. The second-order valence-corrected chi connectivity index (χ2v) is 10.0. The van der Waals surface area contributed by atoms with Gasteiger partial charge in [-0.15, -0.1) is 0 Å². The molecule has 0 bridgehead atoms. The summed E-state index contributed by atoms with van der Waals surface area (Å²) in [6, 6.07) is 0. The molecule has 4 fully saturated rings. The number of carbonyl (C=O) groups is 1. The molecule has 0 unspecified atom stereocenters. The van der Waals surface area contributed by atoms with E-state index >= 15 is 0 Å². The molecule has 0 amide bonds. The van der Waals surface area contributed by atoms with Gasteiger partial charge in [0.05, 0.1) is 0 Å². The number of Topliss-reactive ketones (excluding diaryl/α,β-unsaturated/α-hetero) is 1. The summed E-state index contributed by atoms with van der Waals surface area (Å²) in [6.07, 6.45) is 15.5. The number of ketones is 1. The van der Waals surface area contributed by atoms with Crippen LogP contribution < -0.4 is 0 Å². The highest BCUT2D eigenvalue weighted by atomic mass is 16.1. The van der Waals surface area contributed by atoms with Crippen molar-refractivity contribution in [3.63, 3.8) is 0 Å². The van der Waals surface area contributed by atoms with Crippen LogP contribution in [-0.4, -0.2) is 5.78 Å². The Labute approximate surface area is 143 Å². The molecular weight excluding hydrogens is 280 g/mol. The van der Waals surface area contributed by atoms with Crippen molar-refractivity contribution in [1.82, 2.24) is 0 Å². The maximum absolute atomic E-state index is 12.3. The highest BCUT2D eigenvalue weighted by Crippen LogP contribution is 2.66. The average Bonchev–Trinajstić information content (AvgIpc) is 2.52. The molecule has 0 aliphatic heterocycles. The van der Waals surface area contributed by atoms with E-state index in [0.29, 0.717) is 22.5 Å². The van der Waals surface area contributed by atoms with E-state index in [1.165, 1.54) is 70.6 Å². The Morgan fingerprint density at radius 3 is 2.35 bits per heavy atom. The molecule has 4 aliphatic rings. The van der Waals surface area contributed by atoms with Crippen LogP contribution in [0.25, 0.3) is 0 Å². The Morgan fingerprint density at radius 2 is 1.57 bits per heavy atom. The second-order valence-electron chi connectivity index (χ2n) is 10.0. The highest BCUT2D eigenvalue weighted by molar-refractivity contribution is 5.79. The van der Waals surface area contributed by atoms with Gasteiger partial charge in [-0.25, -0.2) is 0 Å².